The monoisotopic (exact) mass is 421 g/mol. The lowest BCUT2D eigenvalue weighted by atomic mass is 10.1. The number of fused-ring (bicyclic) bond motifs is 1. The Labute approximate surface area is 167 Å². The highest BCUT2D eigenvalue weighted by Crippen LogP contribution is 2.39. The second-order valence-corrected chi connectivity index (χ2v) is 6.93. The van der Waals surface area contributed by atoms with E-state index in [2.05, 4.69) is 15.1 Å². The lowest BCUT2D eigenvalue weighted by Crippen LogP contribution is -2.37. The first-order chi connectivity index (χ1) is 14.2. The summed E-state index contributed by atoms with van der Waals surface area (Å²) in [5.41, 5.74) is 1.91. The van der Waals surface area contributed by atoms with E-state index in [-0.39, 0.29) is 29.1 Å². The minimum absolute atomic E-state index is 0.132. The number of ether oxygens (including phenoxy) is 1. The zero-order valence-corrected chi connectivity index (χ0v) is 15.4. The maximum absolute atomic E-state index is 13.3. The van der Waals surface area contributed by atoms with Gasteiger partial charge in [0.1, 0.15) is 17.2 Å². The number of halogens is 4. The highest BCUT2D eigenvalue weighted by Gasteiger charge is 2.34. The van der Waals surface area contributed by atoms with Crippen LogP contribution < -0.4 is 15.7 Å². The van der Waals surface area contributed by atoms with Gasteiger partial charge < -0.3 is 4.74 Å². The number of nitrogens with one attached hydrogen (secondary N) is 1. The molecule has 1 aliphatic carbocycles. The number of carbonyl (C=O) groups excluding carboxylic acids is 1. The largest absolute Gasteiger partial charge is 0.573 e. The Kier molecular flexibility index (Phi) is 4.92. The molecule has 1 amide bonds. The molecule has 1 N–H and O–H groups in total. The van der Waals surface area contributed by atoms with Crippen molar-refractivity contribution in [1.82, 2.24) is 9.66 Å². The maximum atomic E-state index is 13.3. The molecule has 1 saturated carbocycles. The molecule has 0 radical (unpaired) electrons. The van der Waals surface area contributed by atoms with Crippen molar-refractivity contribution in [3.8, 4) is 5.75 Å². The second kappa shape index (κ2) is 7.43. The standard InChI is InChI=1S/C20H15F4N3O3/c21-13-4-1-3-11(9-13)10-16(28)26-27-18(12-7-8-12)25-17-14(19(27)29)5-2-6-15(17)30-20(22,23)24/h1-6,9,12H,7-8,10H2,(H,26,28). The molecule has 1 fully saturated rings. The Morgan fingerprint density at radius 1 is 1.20 bits per heavy atom. The highest BCUT2D eigenvalue weighted by atomic mass is 19.4. The first kappa shape index (κ1) is 19.9. The molecule has 0 bridgehead atoms. The highest BCUT2D eigenvalue weighted by molar-refractivity contribution is 5.87. The number of aromatic nitrogens is 2. The number of nitrogens with zero attached hydrogens (tertiary/aromatic N) is 2. The molecule has 30 heavy (non-hydrogen) atoms. The molecule has 1 aliphatic rings. The molecular formula is C20H15F4N3O3. The van der Waals surface area contributed by atoms with Gasteiger partial charge in [-0.3, -0.25) is 15.0 Å². The number of benzene rings is 2. The number of hydrogen-bond acceptors (Lipinski definition) is 4. The van der Waals surface area contributed by atoms with Crippen LogP contribution in [0.1, 0.15) is 30.1 Å². The van der Waals surface area contributed by atoms with Crippen molar-refractivity contribution in [2.45, 2.75) is 31.5 Å². The van der Waals surface area contributed by atoms with Crippen molar-refractivity contribution in [3.63, 3.8) is 0 Å². The van der Waals surface area contributed by atoms with E-state index in [4.69, 9.17) is 0 Å². The molecule has 4 rings (SSSR count). The van der Waals surface area contributed by atoms with Crippen molar-refractivity contribution < 1.29 is 27.1 Å². The van der Waals surface area contributed by atoms with Crippen LogP contribution >= 0.6 is 0 Å². The Hall–Kier alpha value is -3.43. The molecule has 1 aromatic heterocycles. The molecule has 0 spiro atoms. The van der Waals surface area contributed by atoms with E-state index in [1.807, 2.05) is 0 Å². The van der Waals surface area contributed by atoms with Crippen molar-refractivity contribution >= 4 is 16.8 Å². The molecule has 6 nitrogen and oxygen atoms in total. The SMILES string of the molecule is O=C(Cc1cccc(F)c1)Nn1c(C2CC2)nc2c(OC(F)(F)F)cccc2c1=O. The molecular weight excluding hydrogens is 406 g/mol. The zero-order valence-electron chi connectivity index (χ0n) is 15.4. The van der Waals surface area contributed by atoms with Crippen LogP contribution in [-0.4, -0.2) is 21.9 Å². The van der Waals surface area contributed by atoms with E-state index in [0.717, 1.165) is 10.7 Å². The van der Waals surface area contributed by atoms with Crippen LogP contribution in [0.2, 0.25) is 0 Å². The van der Waals surface area contributed by atoms with Gasteiger partial charge in [-0.25, -0.2) is 14.1 Å². The van der Waals surface area contributed by atoms with Gasteiger partial charge >= 0.3 is 6.36 Å². The summed E-state index contributed by atoms with van der Waals surface area (Å²) in [5.74, 6) is -1.69. The Balaban J connectivity index is 1.72. The molecule has 3 aromatic rings. The second-order valence-electron chi connectivity index (χ2n) is 6.93. The number of alkyl halides is 3. The summed E-state index contributed by atoms with van der Waals surface area (Å²) in [4.78, 5) is 29.6. The normalized spacial score (nSPS) is 14.0. The van der Waals surface area contributed by atoms with Gasteiger partial charge in [-0.15, -0.1) is 13.2 Å². The molecule has 0 saturated heterocycles. The van der Waals surface area contributed by atoms with Gasteiger partial charge in [0, 0.05) is 5.92 Å². The number of rotatable bonds is 5. The Bertz CT molecular complexity index is 1190. The lowest BCUT2D eigenvalue weighted by molar-refractivity contribution is -0.274. The van der Waals surface area contributed by atoms with Gasteiger partial charge in [0.15, 0.2) is 5.75 Å². The predicted molar refractivity (Wildman–Crippen MR) is 99.1 cm³/mol. The third-order valence-electron chi connectivity index (χ3n) is 4.55. The van der Waals surface area contributed by atoms with Crippen LogP contribution in [0.4, 0.5) is 17.6 Å². The van der Waals surface area contributed by atoms with E-state index in [1.54, 1.807) is 6.07 Å². The van der Waals surface area contributed by atoms with Crippen molar-refractivity contribution in [3.05, 3.63) is 70.0 Å². The van der Waals surface area contributed by atoms with Crippen molar-refractivity contribution in [2.24, 2.45) is 0 Å². The van der Waals surface area contributed by atoms with Crippen LogP contribution in [-0.2, 0) is 11.2 Å². The topological polar surface area (TPSA) is 73.2 Å². The smallest absolute Gasteiger partial charge is 0.403 e. The first-order valence-electron chi connectivity index (χ1n) is 9.07. The summed E-state index contributed by atoms with van der Waals surface area (Å²) in [7, 11) is 0. The van der Waals surface area contributed by atoms with Gasteiger partial charge in [0.05, 0.1) is 11.8 Å². The number of para-hydroxylation sites is 1. The van der Waals surface area contributed by atoms with Gasteiger partial charge in [0.2, 0.25) is 5.91 Å². The molecule has 1 heterocycles. The van der Waals surface area contributed by atoms with Crippen LogP contribution in [0, 0.1) is 5.82 Å². The summed E-state index contributed by atoms with van der Waals surface area (Å²) in [6, 6.07) is 9.08. The van der Waals surface area contributed by atoms with Gasteiger partial charge in [-0.1, -0.05) is 18.2 Å². The molecule has 0 aliphatic heterocycles. The quantitative estimate of drug-likeness (QED) is 0.639. The van der Waals surface area contributed by atoms with Crippen LogP contribution in [0.25, 0.3) is 10.9 Å². The van der Waals surface area contributed by atoms with Gasteiger partial charge in [-0.05, 0) is 42.7 Å². The summed E-state index contributed by atoms with van der Waals surface area (Å²) in [5, 5.41) is -0.132. The van der Waals surface area contributed by atoms with Crippen LogP contribution in [0.5, 0.6) is 5.75 Å². The summed E-state index contributed by atoms with van der Waals surface area (Å²) in [6.07, 6.45) is -3.77. The predicted octanol–water partition coefficient (Wildman–Crippen LogP) is 3.62. The molecule has 0 atom stereocenters. The van der Waals surface area contributed by atoms with Crippen LogP contribution in [0.15, 0.2) is 47.3 Å². The van der Waals surface area contributed by atoms with Gasteiger partial charge in [-0.2, -0.15) is 0 Å². The zero-order chi connectivity index (χ0) is 21.5. The minimum Gasteiger partial charge on any atom is -0.403 e. The molecule has 2 aromatic carbocycles. The Morgan fingerprint density at radius 3 is 2.60 bits per heavy atom. The molecule has 10 heteroatoms. The third-order valence-corrected chi connectivity index (χ3v) is 4.55. The first-order valence-corrected chi connectivity index (χ1v) is 9.07. The minimum atomic E-state index is -4.94. The van der Waals surface area contributed by atoms with E-state index in [0.29, 0.717) is 18.4 Å². The summed E-state index contributed by atoms with van der Waals surface area (Å²) < 4.78 is 56.4. The average molecular weight is 421 g/mol. The maximum Gasteiger partial charge on any atom is 0.573 e. The Morgan fingerprint density at radius 2 is 1.93 bits per heavy atom. The summed E-state index contributed by atoms with van der Waals surface area (Å²) in [6.45, 7) is 0. The fraction of sp³-hybridized carbons (Fsp3) is 0.250. The fourth-order valence-corrected chi connectivity index (χ4v) is 3.13. The number of hydrogen-bond donors (Lipinski definition) is 1. The van der Waals surface area contributed by atoms with Crippen LogP contribution in [0.3, 0.4) is 0 Å². The van der Waals surface area contributed by atoms with Crippen molar-refractivity contribution in [1.29, 1.82) is 0 Å². The fourth-order valence-electron chi connectivity index (χ4n) is 3.13. The van der Waals surface area contributed by atoms with E-state index in [1.165, 1.54) is 30.3 Å². The number of amides is 1. The van der Waals surface area contributed by atoms with E-state index < -0.39 is 29.4 Å². The summed E-state index contributed by atoms with van der Waals surface area (Å²) >= 11 is 0. The molecule has 0 unspecified atom stereocenters. The number of carbonyl (C=O) groups is 1. The van der Waals surface area contributed by atoms with E-state index >= 15 is 0 Å². The molecule has 156 valence electrons. The lowest BCUT2D eigenvalue weighted by Gasteiger charge is -2.16. The van der Waals surface area contributed by atoms with E-state index in [9.17, 15) is 27.2 Å². The third kappa shape index (κ3) is 4.27. The van der Waals surface area contributed by atoms with Crippen molar-refractivity contribution in [2.75, 3.05) is 5.43 Å². The van der Waals surface area contributed by atoms with Gasteiger partial charge in [0.25, 0.3) is 5.56 Å². The average Bonchev–Trinajstić information content (AvgIpc) is 3.48.